The van der Waals surface area contributed by atoms with E-state index >= 15 is 0 Å². The molecular weight excluding hydrogens is 431 g/mol. The molecule has 7 nitrogen and oxygen atoms in total. The topological polar surface area (TPSA) is 113 Å². The molecule has 0 spiro atoms. The van der Waals surface area contributed by atoms with Crippen LogP contribution in [0.5, 0.6) is 5.75 Å². The Bertz CT molecular complexity index is 948. The Labute approximate surface area is 179 Å². The molecule has 0 saturated heterocycles. The molecule has 9 heteroatoms. The van der Waals surface area contributed by atoms with Gasteiger partial charge in [0, 0.05) is 17.2 Å². The van der Waals surface area contributed by atoms with Crippen LogP contribution in [0.1, 0.15) is 43.2 Å². The quantitative estimate of drug-likeness (QED) is 0.323. The van der Waals surface area contributed by atoms with E-state index in [2.05, 4.69) is 0 Å². The van der Waals surface area contributed by atoms with Gasteiger partial charge < -0.3 is 14.4 Å². The van der Waals surface area contributed by atoms with Gasteiger partial charge in [0.2, 0.25) is 0 Å². The number of aliphatic carboxylic acids is 1. The van der Waals surface area contributed by atoms with Crippen LogP contribution in [0.2, 0.25) is 5.02 Å². The summed E-state index contributed by atoms with van der Waals surface area (Å²) >= 11 is 6.56. The van der Waals surface area contributed by atoms with Crippen molar-refractivity contribution in [1.29, 1.82) is 0 Å². The first-order valence-corrected chi connectivity index (χ1v) is 11.8. The van der Waals surface area contributed by atoms with E-state index in [1.165, 1.54) is 24.1 Å². The highest BCUT2D eigenvalue weighted by atomic mass is 35.5. The molecule has 30 heavy (non-hydrogen) atoms. The van der Waals surface area contributed by atoms with Crippen LogP contribution in [0, 0.1) is 23.7 Å². The van der Waals surface area contributed by atoms with Crippen molar-refractivity contribution >= 4 is 37.2 Å². The highest BCUT2D eigenvalue weighted by Crippen LogP contribution is 2.58. The minimum absolute atomic E-state index is 0.0102. The van der Waals surface area contributed by atoms with E-state index in [1.54, 1.807) is 13.2 Å². The molecule has 3 N–H and O–H groups in total. The Morgan fingerprint density at radius 3 is 2.23 bits per heavy atom. The lowest BCUT2D eigenvalue weighted by Gasteiger charge is -2.51. The third-order valence-corrected chi connectivity index (χ3v) is 7.27. The van der Waals surface area contributed by atoms with Crippen LogP contribution in [0.3, 0.4) is 0 Å². The maximum Gasteiger partial charge on any atom is 0.524 e. The Morgan fingerprint density at radius 1 is 1.13 bits per heavy atom. The summed E-state index contributed by atoms with van der Waals surface area (Å²) in [6.45, 7) is 0. The minimum Gasteiger partial charge on any atom is -0.496 e. The van der Waals surface area contributed by atoms with E-state index in [4.69, 9.17) is 26.0 Å². The van der Waals surface area contributed by atoms with Crippen LogP contribution < -0.4 is 4.52 Å². The molecule has 0 aliphatic heterocycles. The van der Waals surface area contributed by atoms with Gasteiger partial charge >= 0.3 is 13.8 Å². The van der Waals surface area contributed by atoms with Crippen LogP contribution in [-0.4, -0.2) is 28.0 Å². The lowest BCUT2D eigenvalue weighted by molar-refractivity contribution is -0.131. The van der Waals surface area contributed by atoms with Crippen molar-refractivity contribution in [3.05, 3.63) is 39.9 Å². The fourth-order valence-electron chi connectivity index (χ4n) is 5.70. The molecule has 0 unspecified atom stereocenters. The van der Waals surface area contributed by atoms with Gasteiger partial charge in [0.05, 0.1) is 12.1 Å². The number of methoxy groups -OCH3 is 1. The van der Waals surface area contributed by atoms with Crippen LogP contribution >= 0.6 is 19.4 Å². The summed E-state index contributed by atoms with van der Waals surface area (Å²) in [6, 6.07) is 3.22. The van der Waals surface area contributed by atoms with Crippen molar-refractivity contribution in [2.75, 3.05) is 7.11 Å². The molecule has 4 fully saturated rings. The average Bonchev–Trinajstić information content (AvgIpc) is 2.64. The van der Waals surface area contributed by atoms with Gasteiger partial charge in [0.1, 0.15) is 5.76 Å². The Morgan fingerprint density at radius 2 is 1.73 bits per heavy atom. The van der Waals surface area contributed by atoms with Crippen molar-refractivity contribution < 1.29 is 33.5 Å². The molecule has 0 amide bonds. The third-order valence-electron chi connectivity index (χ3n) is 6.47. The second-order valence-electron chi connectivity index (χ2n) is 8.39. The monoisotopic (exact) mass is 454 g/mol. The van der Waals surface area contributed by atoms with Gasteiger partial charge in [0.25, 0.3) is 0 Å². The minimum atomic E-state index is -4.92. The van der Waals surface area contributed by atoms with Gasteiger partial charge in [-0.15, -0.1) is 0 Å². The molecule has 4 saturated carbocycles. The summed E-state index contributed by atoms with van der Waals surface area (Å²) in [5.41, 5.74) is 1.89. The molecular formula is C21H24ClO7P. The summed E-state index contributed by atoms with van der Waals surface area (Å²) in [5.74, 6) is 1.57. The summed E-state index contributed by atoms with van der Waals surface area (Å²) in [5, 5.41) is 8.88. The Balaban J connectivity index is 1.82. The standard InChI is InChI=1S/C21H24ClO7P/c1-28-21(18-14-7-11-6-12(9-14)10-15(18)8-11)16-4-2-13(3-5-17(23)24)20(19(16)22)29-30(25,26)27/h2-5,11-12,14-15H,6-10H2,1H3,(H,23,24)(H2,25,26,27)/b5-3+,21-18?. The molecule has 0 aromatic heterocycles. The zero-order valence-electron chi connectivity index (χ0n) is 16.5. The van der Waals surface area contributed by atoms with Crippen LogP contribution in [0.4, 0.5) is 0 Å². The van der Waals surface area contributed by atoms with Crippen molar-refractivity contribution in [3.63, 3.8) is 0 Å². The van der Waals surface area contributed by atoms with E-state index in [9.17, 15) is 19.1 Å². The molecule has 4 bridgehead atoms. The number of benzene rings is 1. The van der Waals surface area contributed by atoms with Crippen molar-refractivity contribution in [1.82, 2.24) is 0 Å². The highest BCUT2D eigenvalue weighted by molar-refractivity contribution is 7.46. The molecule has 1 aromatic carbocycles. The van der Waals surface area contributed by atoms with Gasteiger partial charge in [0.15, 0.2) is 5.75 Å². The summed E-state index contributed by atoms with van der Waals surface area (Å²) < 4.78 is 22.2. The first-order valence-electron chi connectivity index (χ1n) is 9.93. The van der Waals surface area contributed by atoms with Gasteiger partial charge in [-0.05, 0) is 73.5 Å². The predicted molar refractivity (Wildman–Crippen MR) is 112 cm³/mol. The first kappa shape index (κ1) is 21.4. The Hall–Kier alpha value is -1.79. The number of phosphoric acid groups is 1. The van der Waals surface area contributed by atoms with E-state index in [1.807, 2.05) is 0 Å². The van der Waals surface area contributed by atoms with Gasteiger partial charge in [-0.1, -0.05) is 17.7 Å². The molecule has 0 radical (unpaired) electrons. The van der Waals surface area contributed by atoms with E-state index in [-0.39, 0.29) is 16.3 Å². The van der Waals surface area contributed by atoms with Gasteiger partial charge in [-0.25, -0.2) is 9.36 Å². The van der Waals surface area contributed by atoms with Crippen molar-refractivity contribution in [3.8, 4) is 5.75 Å². The maximum atomic E-state index is 11.5. The maximum absolute atomic E-state index is 11.5. The number of allylic oxidation sites excluding steroid dienone is 1. The lowest BCUT2D eigenvalue weighted by atomic mass is 9.54. The van der Waals surface area contributed by atoms with Crippen molar-refractivity contribution in [2.24, 2.45) is 23.7 Å². The number of halogens is 1. The molecule has 5 rings (SSSR count). The number of carbonyl (C=O) groups is 1. The lowest BCUT2D eigenvalue weighted by Crippen LogP contribution is -2.40. The van der Waals surface area contributed by atoms with E-state index in [0.717, 1.165) is 43.6 Å². The van der Waals surface area contributed by atoms with E-state index in [0.29, 0.717) is 23.2 Å². The number of rotatable bonds is 6. The highest BCUT2D eigenvalue weighted by Gasteiger charge is 2.47. The fourth-order valence-corrected chi connectivity index (χ4v) is 6.48. The second kappa shape index (κ2) is 8.04. The van der Waals surface area contributed by atoms with Crippen LogP contribution in [0.25, 0.3) is 11.8 Å². The number of ether oxygens (including phenoxy) is 1. The number of carboxylic acid groups (broad SMARTS) is 1. The molecule has 162 valence electrons. The smallest absolute Gasteiger partial charge is 0.496 e. The third kappa shape index (κ3) is 4.17. The summed E-state index contributed by atoms with van der Waals surface area (Å²) in [7, 11) is -3.35. The van der Waals surface area contributed by atoms with Gasteiger partial charge in [-0.3, -0.25) is 9.79 Å². The normalized spacial score (nSPS) is 27.5. The summed E-state index contributed by atoms with van der Waals surface area (Å²) in [6.07, 6.45) is 7.90. The zero-order valence-corrected chi connectivity index (χ0v) is 18.1. The molecule has 1 aromatic rings. The van der Waals surface area contributed by atoms with E-state index < -0.39 is 13.8 Å². The molecule has 0 atom stereocenters. The predicted octanol–water partition coefficient (Wildman–Crippen LogP) is 4.72. The zero-order chi connectivity index (χ0) is 21.6. The average molecular weight is 455 g/mol. The SMILES string of the molecule is COC(=C1C2CC3CC(C2)CC1C3)c1ccc(/C=C/C(=O)O)c(OP(=O)(O)O)c1Cl. The van der Waals surface area contributed by atoms with Crippen LogP contribution in [-0.2, 0) is 14.1 Å². The number of carboxylic acids is 1. The second-order valence-corrected chi connectivity index (χ2v) is 9.93. The molecule has 4 aliphatic rings. The molecule has 0 heterocycles. The summed E-state index contributed by atoms with van der Waals surface area (Å²) in [4.78, 5) is 29.6. The Kier molecular flexibility index (Phi) is 5.75. The number of hydrogen-bond donors (Lipinski definition) is 3. The molecule has 4 aliphatic carbocycles. The van der Waals surface area contributed by atoms with Crippen LogP contribution in [0.15, 0.2) is 23.8 Å². The first-order chi connectivity index (χ1) is 14.2. The largest absolute Gasteiger partial charge is 0.524 e. The fraction of sp³-hybridized carbons (Fsp3) is 0.476. The van der Waals surface area contributed by atoms with Crippen molar-refractivity contribution in [2.45, 2.75) is 32.1 Å². The number of phosphoric ester groups is 1. The van der Waals surface area contributed by atoms with Gasteiger partial charge in [-0.2, -0.15) is 0 Å². The number of hydrogen-bond acceptors (Lipinski definition) is 4.